The zero-order valence-electron chi connectivity index (χ0n) is 23.5. The van der Waals surface area contributed by atoms with Crippen molar-refractivity contribution in [1.82, 2.24) is 5.32 Å². The fourth-order valence-electron chi connectivity index (χ4n) is 4.26. The van der Waals surface area contributed by atoms with Gasteiger partial charge in [-0.3, -0.25) is 0 Å². The zero-order chi connectivity index (χ0) is 25.5. The van der Waals surface area contributed by atoms with Gasteiger partial charge in [0.1, 0.15) is 12.2 Å². The van der Waals surface area contributed by atoms with Crippen LogP contribution in [0, 0.1) is 0 Å². The predicted octanol–water partition coefficient (Wildman–Crippen LogP) is 5.42. The van der Waals surface area contributed by atoms with Crippen LogP contribution in [-0.4, -0.2) is 71.1 Å². The highest BCUT2D eigenvalue weighted by Gasteiger charge is 2.54. The first-order valence-electron chi connectivity index (χ1n) is 12.9. The lowest BCUT2D eigenvalue weighted by Crippen LogP contribution is -2.56. The quantitative estimate of drug-likeness (QED) is 0.452. The molecule has 0 amide bonds. The second-order valence-electron chi connectivity index (χ2n) is 13.6. The molecule has 8 heteroatoms. The van der Waals surface area contributed by atoms with Crippen LogP contribution in [0.2, 0.25) is 36.3 Å². The monoisotopic (exact) mass is 503 g/mol. The van der Waals surface area contributed by atoms with Gasteiger partial charge in [0, 0.05) is 12.6 Å². The molecule has 1 aliphatic carbocycles. The van der Waals surface area contributed by atoms with Crippen molar-refractivity contribution in [1.29, 1.82) is 0 Å². The van der Waals surface area contributed by atoms with Gasteiger partial charge in [-0.25, -0.2) is 0 Å². The predicted molar refractivity (Wildman–Crippen MR) is 141 cm³/mol. The van der Waals surface area contributed by atoms with Gasteiger partial charge in [-0.15, -0.1) is 0 Å². The molecular weight excluding hydrogens is 450 g/mol. The third kappa shape index (κ3) is 7.35. The van der Waals surface area contributed by atoms with Gasteiger partial charge in [0.25, 0.3) is 0 Å². The van der Waals surface area contributed by atoms with E-state index < -0.39 is 22.4 Å². The summed E-state index contributed by atoms with van der Waals surface area (Å²) in [5.41, 5.74) is 0. The first-order chi connectivity index (χ1) is 14.8. The zero-order valence-corrected chi connectivity index (χ0v) is 25.5. The summed E-state index contributed by atoms with van der Waals surface area (Å²) in [6.07, 6.45) is 2.26. The minimum absolute atomic E-state index is 0.0399. The van der Waals surface area contributed by atoms with Crippen LogP contribution in [0.15, 0.2) is 0 Å². The lowest BCUT2D eigenvalue weighted by Gasteiger charge is -2.46. The lowest BCUT2D eigenvalue weighted by molar-refractivity contribution is -0.159. The summed E-state index contributed by atoms with van der Waals surface area (Å²) in [5.74, 6) is -0.669. The molecule has 0 aromatic heterocycles. The molecule has 196 valence electrons. The Morgan fingerprint density at radius 3 is 1.76 bits per heavy atom. The highest BCUT2D eigenvalue weighted by Crippen LogP contribution is 2.45. The summed E-state index contributed by atoms with van der Waals surface area (Å²) in [4.78, 5) is 0. The van der Waals surface area contributed by atoms with E-state index in [9.17, 15) is 5.11 Å². The van der Waals surface area contributed by atoms with Crippen molar-refractivity contribution in [3.63, 3.8) is 0 Å². The SMILES string of the molecule is CC1(C)O[C@H]2[C@H](O1)[C@@H](O[Si](C)(C)C(C)(C)C)CC(NCCO)CC[C@@H]2O[Si](C)(C)C(C)(C)C. The van der Waals surface area contributed by atoms with Crippen molar-refractivity contribution < 1.29 is 23.4 Å². The average Bonchev–Trinajstić information content (AvgIpc) is 2.94. The van der Waals surface area contributed by atoms with Crippen molar-refractivity contribution in [3.8, 4) is 0 Å². The molecular formula is C25H53NO5Si2. The van der Waals surface area contributed by atoms with Gasteiger partial charge in [-0.1, -0.05) is 41.5 Å². The molecule has 2 rings (SSSR count). The van der Waals surface area contributed by atoms with Gasteiger partial charge >= 0.3 is 0 Å². The molecule has 1 aliphatic heterocycles. The molecule has 2 aliphatic rings. The highest BCUT2D eigenvalue weighted by molar-refractivity contribution is 6.74. The molecule has 6 nitrogen and oxygen atoms in total. The summed E-state index contributed by atoms with van der Waals surface area (Å²) in [7, 11) is -4.05. The van der Waals surface area contributed by atoms with Crippen LogP contribution in [0.4, 0.5) is 0 Å². The Balaban J connectivity index is 2.43. The lowest BCUT2D eigenvalue weighted by atomic mass is 9.89. The van der Waals surface area contributed by atoms with Crippen LogP contribution >= 0.6 is 0 Å². The Morgan fingerprint density at radius 1 is 0.848 bits per heavy atom. The summed E-state index contributed by atoms with van der Waals surface area (Å²) >= 11 is 0. The van der Waals surface area contributed by atoms with Crippen LogP contribution in [0.5, 0.6) is 0 Å². The van der Waals surface area contributed by atoms with E-state index in [1.807, 2.05) is 13.8 Å². The number of rotatable bonds is 7. The van der Waals surface area contributed by atoms with Gasteiger partial charge < -0.3 is 28.7 Å². The molecule has 0 spiro atoms. The molecule has 1 saturated heterocycles. The molecule has 1 saturated carbocycles. The molecule has 0 radical (unpaired) electrons. The number of hydrogen-bond acceptors (Lipinski definition) is 6. The number of ether oxygens (including phenoxy) is 2. The van der Waals surface area contributed by atoms with E-state index >= 15 is 0 Å². The standard InChI is InChI=1S/C25H53NO5Si2/c1-23(2,3)32(9,10)30-19-14-13-18(26-15-16-27)17-20(31-33(11,12)24(4,5)6)22-21(19)28-25(7,8)29-22/h18-22,26-27H,13-17H2,1-12H3/t18?,19-,20-,21+,22+/m0/s1. The molecule has 2 N–H and O–H groups in total. The van der Waals surface area contributed by atoms with E-state index in [2.05, 4.69) is 73.0 Å². The summed E-state index contributed by atoms with van der Waals surface area (Å²) in [6, 6.07) is 0.241. The van der Waals surface area contributed by atoms with E-state index in [4.69, 9.17) is 18.3 Å². The Morgan fingerprint density at radius 2 is 1.30 bits per heavy atom. The second-order valence-corrected chi connectivity index (χ2v) is 23.1. The summed E-state index contributed by atoms with van der Waals surface area (Å²) in [6.45, 7) is 27.6. The van der Waals surface area contributed by atoms with Gasteiger partial charge in [0.2, 0.25) is 0 Å². The molecule has 33 heavy (non-hydrogen) atoms. The molecule has 2 fully saturated rings. The maximum atomic E-state index is 9.44. The fourth-order valence-corrected chi connectivity index (χ4v) is 6.96. The minimum atomic E-state index is -2.04. The first-order valence-corrected chi connectivity index (χ1v) is 18.7. The van der Waals surface area contributed by atoms with E-state index in [-0.39, 0.29) is 47.1 Å². The number of hydrogen-bond donors (Lipinski definition) is 2. The smallest absolute Gasteiger partial charge is 0.192 e. The van der Waals surface area contributed by atoms with Gasteiger partial charge in [0.05, 0.1) is 18.8 Å². The van der Waals surface area contributed by atoms with Crippen molar-refractivity contribution in [3.05, 3.63) is 0 Å². The number of aliphatic hydroxyl groups is 1. The Kier molecular flexibility index (Phi) is 9.17. The van der Waals surface area contributed by atoms with Gasteiger partial charge in [0.15, 0.2) is 22.4 Å². The van der Waals surface area contributed by atoms with Gasteiger partial charge in [-0.05, 0) is 69.4 Å². The fraction of sp³-hybridized carbons (Fsp3) is 1.00. The topological polar surface area (TPSA) is 69.2 Å². The molecule has 0 bridgehead atoms. The van der Waals surface area contributed by atoms with Crippen LogP contribution in [0.1, 0.15) is 74.7 Å². The van der Waals surface area contributed by atoms with Crippen molar-refractivity contribution in [2.24, 2.45) is 0 Å². The molecule has 5 atom stereocenters. The van der Waals surface area contributed by atoms with Crippen molar-refractivity contribution in [2.45, 2.75) is 147 Å². The molecule has 0 aromatic rings. The van der Waals surface area contributed by atoms with E-state index in [0.29, 0.717) is 6.54 Å². The normalized spacial score (nSPS) is 31.7. The van der Waals surface area contributed by atoms with E-state index in [1.54, 1.807) is 0 Å². The Bertz CT molecular complexity index is 642. The van der Waals surface area contributed by atoms with Crippen molar-refractivity contribution >= 4 is 16.6 Å². The second kappa shape index (κ2) is 10.3. The Hall–Kier alpha value is 0.194. The molecule has 1 heterocycles. The van der Waals surface area contributed by atoms with Crippen molar-refractivity contribution in [2.75, 3.05) is 13.2 Å². The van der Waals surface area contributed by atoms with Crippen LogP contribution in [0.25, 0.3) is 0 Å². The van der Waals surface area contributed by atoms with Crippen LogP contribution < -0.4 is 5.32 Å². The Labute approximate surface area is 205 Å². The van der Waals surface area contributed by atoms with E-state index in [1.165, 1.54) is 0 Å². The number of aliphatic hydroxyl groups excluding tert-OH is 1. The molecule has 0 aromatic carbocycles. The number of fused-ring (bicyclic) bond motifs is 1. The minimum Gasteiger partial charge on any atom is -0.411 e. The van der Waals surface area contributed by atoms with Gasteiger partial charge in [-0.2, -0.15) is 0 Å². The van der Waals surface area contributed by atoms with Crippen LogP contribution in [0.3, 0.4) is 0 Å². The third-order valence-corrected chi connectivity index (χ3v) is 17.3. The summed E-state index contributed by atoms with van der Waals surface area (Å²) in [5, 5.41) is 13.2. The average molecular weight is 504 g/mol. The first kappa shape index (κ1) is 29.4. The molecule has 1 unspecified atom stereocenters. The number of nitrogens with one attached hydrogen (secondary N) is 1. The maximum absolute atomic E-state index is 9.44. The van der Waals surface area contributed by atoms with Crippen LogP contribution in [-0.2, 0) is 18.3 Å². The highest BCUT2D eigenvalue weighted by atomic mass is 28.4. The maximum Gasteiger partial charge on any atom is 0.192 e. The third-order valence-electron chi connectivity index (χ3n) is 8.26. The summed E-state index contributed by atoms with van der Waals surface area (Å²) < 4.78 is 27.2. The van der Waals surface area contributed by atoms with E-state index in [0.717, 1.165) is 19.3 Å². The largest absolute Gasteiger partial charge is 0.411 e.